The number of nitrogens with zero attached hydrogens (tertiary/aromatic N) is 1. The molecule has 1 N–H and O–H groups in total. The van der Waals surface area contributed by atoms with Gasteiger partial charge in [-0.25, -0.2) is 13.8 Å². The van der Waals surface area contributed by atoms with Crippen molar-refractivity contribution in [1.29, 1.82) is 0 Å². The summed E-state index contributed by atoms with van der Waals surface area (Å²) in [6.07, 6.45) is -0.644. The van der Waals surface area contributed by atoms with Gasteiger partial charge in [0.2, 0.25) is 0 Å². The van der Waals surface area contributed by atoms with Crippen LogP contribution in [0, 0.1) is 11.6 Å². The first-order chi connectivity index (χ1) is 12.9. The maximum Gasteiger partial charge on any atom is 0.307 e. The van der Waals surface area contributed by atoms with E-state index in [2.05, 4.69) is 9.97 Å². The summed E-state index contributed by atoms with van der Waals surface area (Å²) in [6.45, 7) is 1.62. The lowest BCUT2D eigenvalue weighted by Crippen LogP contribution is -2.17. The van der Waals surface area contributed by atoms with E-state index in [1.165, 1.54) is 17.8 Å². The van der Waals surface area contributed by atoms with Gasteiger partial charge in [-0.2, -0.15) is 0 Å². The van der Waals surface area contributed by atoms with Gasteiger partial charge < -0.3 is 9.72 Å². The second-order valence-corrected chi connectivity index (χ2v) is 6.94. The number of para-hydroxylation sites is 1. The van der Waals surface area contributed by atoms with Crippen LogP contribution in [0.3, 0.4) is 0 Å². The summed E-state index contributed by atoms with van der Waals surface area (Å²) >= 11 is 1.22. The van der Waals surface area contributed by atoms with Gasteiger partial charge in [0.25, 0.3) is 5.56 Å². The van der Waals surface area contributed by atoms with Crippen molar-refractivity contribution in [3.63, 3.8) is 0 Å². The quantitative estimate of drug-likeness (QED) is 0.509. The highest BCUT2D eigenvalue weighted by atomic mass is 32.2. The van der Waals surface area contributed by atoms with Crippen molar-refractivity contribution < 1.29 is 18.3 Å². The Labute approximate surface area is 157 Å². The van der Waals surface area contributed by atoms with Crippen molar-refractivity contribution in [3.05, 3.63) is 70.3 Å². The Morgan fingerprint density at radius 3 is 2.78 bits per heavy atom. The van der Waals surface area contributed by atoms with Crippen LogP contribution in [0.1, 0.15) is 25.3 Å². The van der Waals surface area contributed by atoms with Crippen LogP contribution in [0.2, 0.25) is 0 Å². The molecule has 140 valence electrons. The van der Waals surface area contributed by atoms with Crippen LogP contribution in [-0.4, -0.2) is 21.7 Å². The van der Waals surface area contributed by atoms with E-state index in [0.717, 1.165) is 12.1 Å². The highest BCUT2D eigenvalue weighted by Crippen LogP contribution is 2.22. The van der Waals surface area contributed by atoms with Gasteiger partial charge in [0.15, 0.2) is 23.6 Å². The number of aromatic amines is 1. The van der Waals surface area contributed by atoms with E-state index < -0.39 is 23.7 Å². The largest absolute Gasteiger partial charge is 0.454 e. The lowest BCUT2D eigenvalue weighted by Gasteiger charge is -2.13. The van der Waals surface area contributed by atoms with Crippen LogP contribution < -0.4 is 5.56 Å². The van der Waals surface area contributed by atoms with E-state index in [9.17, 15) is 18.4 Å². The SMILES string of the molecule is C[C@H](OC(=O)CCSc1ccc(F)c(F)c1)c1nc2ccccc2c(=O)[nH]1. The molecule has 27 heavy (non-hydrogen) atoms. The molecule has 5 nitrogen and oxygen atoms in total. The first kappa shape index (κ1) is 19.0. The number of nitrogens with one attached hydrogen (secondary N) is 1. The van der Waals surface area contributed by atoms with Crippen molar-refractivity contribution in [2.75, 3.05) is 5.75 Å². The number of carbonyl (C=O) groups excluding carboxylic acids is 1. The molecule has 2 aromatic carbocycles. The minimum absolute atomic E-state index is 0.0752. The molecule has 0 aliphatic rings. The van der Waals surface area contributed by atoms with Crippen molar-refractivity contribution in [2.45, 2.75) is 24.3 Å². The molecule has 3 rings (SSSR count). The molecule has 1 atom stereocenters. The summed E-state index contributed by atoms with van der Waals surface area (Å²) in [5, 5.41) is 0.461. The van der Waals surface area contributed by atoms with Crippen LogP contribution in [0.4, 0.5) is 8.78 Å². The average molecular weight is 390 g/mol. The number of rotatable bonds is 6. The Bertz CT molecular complexity index is 1040. The number of halogens is 2. The summed E-state index contributed by atoms with van der Waals surface area (Å²) in [5.41, 5.74) is 0.223. The maximum atomic E-state index is 13.2. The number of aromatic nitrogens is 2. The number of hydrogen-bond acceptors (Lipinski definition) is 5. The second-order valence-electron chi connectivity index (χ2n) is 5.77. The zero-order valence-electron chi connectivity index (χ0n) is 14.4. The monoisotopic (exact) mass is 390 g/mol. The van der Waals surface area contributed by atoms with Crippen LogP contribution in [-0.2, 0) is 9.53 Å². The second kappa shape index (κ2) is 8.30. The lowest BCUT2D eigenvalue weighted by molar-refractivity contribution is -0.148. The number of H-pyrrole nitrogens is 1. The standard InChI is InChI=1S/C19H16F2N2O3S/c1-11(18-22-16-5-3-2-4-13(16)19(25)23-18)26-17(24)8-9-27-12-6-7-14(20)15(21)10-12/h2-7,10-11H,8-9H2,1H3,(H,22,23,25)/t11-/m0/s1. The predicted octanol–water partition coefficient (Wildman–Crippen LogP) is 3.99. The topological polar surface area (TPSA) is 72.0 Å². The minimum atomic E-state index is -0.928. The van der Waals surface area contributed by atoms with E-state index in [4.69, 9.17) is 4.74 Å². The predicted molar refractivity (Wildman–Crippen MR) is 98.6 cm³/mol. The molecule has 0 aliphatic heterocycles. The highest BCUT2D eigenvalue weighted by Gasteiger charge is 2.15. The lowest BCUT2D eigenvalue weighted by atomic mass is 10.2. The Hall–Kier alpha value is -2.74. The number of fused-ring (bicyclic) bond motifs is 1. The third-order valence-electron chi connectivity index (χ3n) is 3.79. The molecular formula is C19H16F2N2O3S. The number of carbonyl (C=O) groups is 1. The van der Waals surface area contributed by atoms with E-state index in [0.29, 0.717) is 21.6 Å². The fourth-order valence-electron chi connectivity index (χ4n) is 2.43. The van der Waals surface area contributed by atoms with Gasteiger partial charge in [-0.05, 0) is 37.3 Å². The van der Waals surface area contributed by atoms with Crippen LogP contribution >= 0.6 is 11.8 Å². The molecule has 0 amide bonds. The van der Waals surface area contributed by atoms with Crippen LogP contribution in [0.5, 0.6) is 0 Å². The third kappa shape index (κ3) is 4.71. The molecule has 8 heteroatoms. The normalized spacial score (nSPS) is 12.1. The molecule has 0 aliphatic carbocycles. The van der Waals surface area contributed by atoms with Crippen LogP contribution in [0.15, 0.2) is 52.2 Å². The van der Waals surface area contributed by atoms with Gasteiger partial charge in [0.05, 0.1) is 17.3 Å². The Morgan fingerprint density at radius 1 is 1.22 bits per heavy atom. The van der Waals surface area contributed by atoms with Gasteiger partial charge in [-0.1, -0.05) is 12.1 Å². The van der Waals surface area contributed by atoms with Crippen LogP contribution in [0.25, 0.3) is 10.9 Å². The highest BCUT2D eigenvalue weighted by molar-refractivity contribution is 7.99. The first-order valence-corrected chi connectivity index (χ1v) is 9.19. The fourth-order valence-corrected chi connectivity index (χ4v) is 3.28. The van der Waals surface area contributed by atoms with E-state index in [-0.39, 0.29) is 17.8 Å². The summed E-state index contributed by atoms with van der Waals surface area (Å²) in [7, 11) is 0. The number of benzene rings is 2. The minimum Gasteiger partial charge on any atom is -0.454 e. The summed E-state index contributed by atoms with van der Waals surface area (Å²) in [5.74, 6) is -1.71. The van der Waals surface area contributed by atoms with Crippen molar-refractivity contribution >= 4 is 28.6 Å². The van der Waals surface area contributed by atoms with Gasteiger partial charge in [-0.15, -0.1) is 11.8 Å². The van der Waals surface area contributed by atoms with Gasteiger partial charge in [0.1, 0.15) is 0 Å². The zero-order valence-corrected chi connectivity index (χ0v) is 15.2. The molecular weight excluding hydrogens is 374 g/mol. The summed E-state index contributed by atoms with van der Waals surface area (Å²) < 4.78 is 31.3. The number of thioether (sulfide) groups is 1. The maximum absolute atomic E-state index is 13.2. The van der Waals surface area contributed by atoms with Gasteiger partial charge in [0, 0.05) is 10.6 Å². The van der Waals surface area contributed by atoms with Crippen molar-refractivity contribution in [3.8, 4) is 0 Å². The van der Waals surface area contributed by atoms with Gasteiger partial charge in [-0.3, -0.25) is 9.59 Å². The molecule has 1 heterocycles. The third-order valence-corrected chi connectivity index (χ3v) is 4.79. The fraction of sp³-hybridized carbons (Fsp3) is 0.211. The first-order valence-electron chi connectivity index (χ1n) is 8.20. The van der Waals surface area contributed by atoms with Crippen molar-refractivity contribution in [1.82, 2.24) is 9.97 Å². The van der Waals surface area contributed by atoms with Gasteiger partial charge >= 0.3 is 5.97 Å². The molecule has 0 bridgehead atoms. The smallest absolute Gasteiger partial charge is 0.307 e. The summed E-state index contributed by atoms with van der Waals surface area (Å²) in [6, 6.07) is 10.5. The Balaban J connectivity index is 1.57. The molecule has 0 saturated carbocycles. The molecule has 0 fully saturated rings. The van der Waals surface area contributed by atoms with E-state index >= 15 is 0 Å². The number of hydrogen-bond donors (Lipinski definition) is 1. The Kier molecular flexibility index (Phi) is 5.85. The summed E-state index contributed by atoms with van der Waals surface area (Å²) in [4.78, 5) is 31.5. The number of esters is 1. The molecule has 0 saturated heterocycles. The molecule has 3 aromatic rings. The molecule has 0 radical (unpaired) electrons. The van der Waals surface area contributed by atoms with E-state index in [1.54, 1.807) is 31.2 Å². The molecule has 0 spiro atoms. The van der Waals surface area contributed by atoms with E-state index in [1.807, 2.05) is 0 Å². The molecule has 1 aromatic heterocycles. The average Bonchev–Trinajstić information content (AvgIpc) is 2.64. The van der Waals surface area contributed by atoms with Crippen molar-refractivity contribution in [2.24, 2.45) is 0 Å². The number of ether oxygens (including phenoxy) is 1. The molecule has 0 unspecified atom stereocenters. The zero-order chi connectivity index (χ0) is 19.4. The Morgan fingerprint density at radius 2 is 2.00 bits per heavy atom.